The summed E-state index contributed by atoms with van der Waals surface area (Å²) in [6.07, 6.45) is 8.86. The number of hydrogen-bond acceptors (Lipinski definition) is 1. The van der Waals surface area contributed by atoms with Crippen molar-refractivity contribution >= 4 is 30.6 Å². The standard InChI is InChI=1S/C10H18S.2ClH.Pt/c1-3-5-7-9-11-10-8-6-4-2;;;/h3-4H,1-2,5-10H2;2*1H;/q;;;+2/p-2. The topological polar surface area (TPSA) is 0 Å². The third-order valence-electron chi connectivity index (χ3n) is 1.39. The van der Waals surface area contributed by atoms with E-state index >= 15 is 0 Å². The molecular formula is C10H18Cl2PtS. The Hall–Kier alpha value is 1.10. The van der Waals surface area contributed by atoms with Crippen molar-refractivity contribution in [3.8, 4) is 0 Å². The first kappa shape index (κ1) is 17.5. The van der Waals surface area contributed by atoms with Crippen molar-refractivity contribution in [1.29, 1.82) is 0 Å². The fourth-order valence-corrected chi connectivity index (χ4v) is 1.71. The number of rotatable bonds is 8. The molecule has 0 aromatic rings. The van der Waals surface area contributed by atoms with Gasteiger partial charge in [0.25, 0.3) is 0 Å². The van der Waals surface area contributed by atoms with Gasteiger partial charge in [-0.05, 0) is 37.2 Å². The fraction of sp³-hybridized carbons (Fsp3) is 0.600. The summed E-state index contributed by atoms with van der Waals surface area (Å²) in [7, 11) is 9.75. The predicted octanol–water partition coefficient (Wildman–Crippen LogP) is 5.03. The van der Waals surface area contributed by atoms with Crippen LogP contribution in [0.2, 0.25) is 0 Å². The van der Waals surface area contributed by atoms with Crippen molar-refractivity contribution in [3.05, 3.63) is 25.3 Å². The van der Waals surface area contributed by atoms with Crippen LogP contribution in [0, 0.1) is 0 Å². The second-order valence-electron chi connectivity index (χ2n) is 2.52. The molecule has 0 fully saturated rings. The number of unbranched alkanes of at least 4 members (excludes halogenated alkanes) is 2. The normalized spacial score (nSPS) is 9.00. The van der Waals surface area contributed by atoms with Crippen LogP contribution in [-0.2, 0) is 16.5 Å². The van der Waals surface area contributed by atoms with Gasteiger partial charge in [0, 0.05) is 0 Å². The van der Waals surface area contributed by atoms with E-state index in [4.69, 9.17) is 18.8 Å². The Balaban J connectivity index is 0. The number of thioether (sulfide) groups is 1. The first-order chi connectivity index (χ1) is 6.83. The number of allylic oxidation sites excluding steroid dienone is 2. The molecule has 0 aromatic heterocycles. The number of halogens is 2. The van der Waals surface area contributed by atoms with Gasteiger partial charge in [0.1, 0.15) is 0 Å². The Morgan fingerprint density at radius 1 is 1.00 bits per heavy atom. The van der Waals surface area contributed by atoms with Gasteiger partial charge < -0.3 is 0 Å². The third-order valence-corrected chi connectivity index (χ3v) is 2.55. The molecule has 0 heterocycles. The molecule has 0 amide bonds. The molecule has 0 radical (unpaired) electrons. The van der Waals surface area contributed by atoms with E-state index in [1.54, 1.807) is 0 Å². The van der Waals surface area contributed by atoms with Gasteiger partial charge in [-0.2, -0.15) is 11.8 Å². The van der Waals surface area contributed by atoms with E-state index in [1.165, 1.54) is 24.3 Å². The van der Waals surface area contributed by atoms with Gasteiger partial charge in [0.05, 0.1) is 0 Å². The Morgan fingerprint density at radius 3 is 1.64 bits per heavy atom. The Labute approximate surface area is 109 Å². The van der Waals surface area contributed by atoms with Crippen molar-refractivity contribution in [2.75, 3.05) is 11.5 Å². The molecule has 0 N–H and O–H groups in total. The van der Waals surface area contributed by atoms with E-state index in [0.717, 1.165) is 12.8 Å². The van der Waals surface area contributed by atoms with Gasteiger partial charge in [0.15, 0.2) is 0 Å². The Morgan fingerprint density at radius 2 is 1.36 bits per heavy atom. The van der Waals surface area contributed by atoms with Crippen molar-refractivity contribution in [2.24, 2.45) is 0 Å². The quantitative estimate of drug-likeness (QED) is 0.380. The van der Waals surface area contributed by atoms with Crippen LogP contribution in [0.4, 0.5) is 0 Å². The van der Waals surface area contributed by atoms with E-state index in [0.29, 0.717) is 0 Å². The van der Waals surface area contributed by atoms with Crippen molar-refractivity contribution < 1.29 is 16.5 Å². The summed E-state index contributed by atoms with van der Waals surface area (Å²) in [6.45, 7) is 7.37. The van der Waals surface area contributed by atoms with E-state index < -0.39 is 16.5 Å². The molecular weight excluding hydrogens is 418 g/mol. The van der Waals surface area contributed by atoms with E-state index in [1.807, 2.05) is 23.9 Å². The van der Waals surface area contributed by atoms with Crippen molar-refractivity contribution in [2.45, 2.75) is 25.7 Å². The van der Waals surface area contributed by atoms with Crippen LogP contribution in [0.25, 0.3) is 0 Å². The summed E-state index contributed by atoms with van der Waals surface area (Å²) >= 11 is 1.57. The molecule has 0 aliphatic carbocycles. The maximum absolute atomic E-state index is 4.88. The second kappa shape index (κ2) is 19.6. The zero-order chi connectivity index (χ0) is 11.1. The Kier molecular flexibility index (Phi) is 24.5. The summed E-state index contributed by atoms with van der Waals surface area (Å²) in [5, 5.41) is 0. The molecule has 0 saturated heterocycles. The predicted molar refractivity (Wildman–Crippen MR) is 67.9 cm³/mol. The van der Waals surface area contributed by atoms with Gasteiger partial charge in [0.2, 0.25) is 0 Å². The molecule has 0 nitrogen and oxygen atoms in total. The Bertz CT molecular complexity index is 109. The minimum atomic E-state index is -0.472. The molecule has 0 unspecified atom stereocenters. The molecule has 0 aliphatic heterocycles. The van der Waals surface area contributed by atoms with Crippen LogP contribution in [-0.4, -0.2) is 11.5 Å². The van der Waals surface area contributed by atoms with Gasteiger partial charge in [-0.3, -0.25) is 0 Å². The number of hydrogen-bond donors (Lipinski definition) is 0. The van der Waals surface area contributed by atoms with Gasteiger partial charge in [-0.25, -0.2) is 0 Å². The van der Waals surface area contributed by atoms with Crippen LogP contribution >= 0.6 is 30.6 Å². The van der Waals surface area contributed by atoms with Gasteiger partial charge >= 0.3 is 35.3 Å². The third kappa shape index (κ3) is 23.2. The minimum absolute atomic E-state index is 0.472. The first-order valence-electron chi connectivity index (χ1n) is 4.45. The van der Waals surface area contributed by atoms with E-state index in [2.05, 4.69) is 13.2 Å². The van der Waals surface area contributed by atoms with Gasteiger partial charge in [-0.15, -0.1) is 13.2 Å². The van der Waals surface area contributed by atoms with Crippen molar-refractivity contribution in [1.82, 2.24) is 0 Å². The molecule has 0 bridgehead atoms. The summed E-state index contributed by atoms with van der Waals surface area (Å²) in [5.74, 6) is 2.56. The molecule has 0 aromatic carbocycles. The van der Waals surface area contributed by atoms with Gasteiger partial charge in [-0.1, -0.05) is 12.2 Å². The molecule has 4 heteroatoms. The average Bonchev–Trinajstić information content (AvgIpc) is 2.18. The van der Waals surface area contributed by atoms with Crippen LogP contribution < -0.4 is 0 Å². The van der Waals surface area contributed by atoms with E-state index in [-0.39, 0.29) is 0 Å². The molecule has 0 spiro atoms. The van der Waals surface area contributed by atoms with E-state index in [9.17, 15) is 0 Å². The second-order valence-corrected chi connectivity index (χ2v) is 7.03. The van der Waals surface area contributed by atoms with Crippen LogP contribution in [0.15, 0.2) is 25.3 Å². The monoisotopic (exact) mass is 435 g/mol. The molecule has 0 atom stereocenters. The summed E-state index contributed by atoms with van der Waals surface area (Å²) in [4.78, 5) is 0. The van der Waals surface area contributed by atoms with Crippen LogP contribution in [0.3, 0.4) is 0 Å². The zero-order valence-corrected chi connectivity index (χ0v) is 12.9. The SMILES string of the molecule is C=CCCCSCCCC=C.[Cl][Pt][Cl]. The van der Waals surface area contributed by atoms with Crippen LogP contribution in [0.5, 0.6) is 0 Å². The molecule has 0 saturated carbocycles. The summed E-state index contributed by atoms with van der Waals surface area (Å²) < 4.78 is 0. The maximum atomic E-state index is 4.88. The van der Waals surface area contributed by atoms with Crippen molar-refractivity contribution in [3.63, 3.8) is 0 Å². The molecule has 0 rings (SSSR count). The molecule has 88 valence electrons. The first-order valence-corrected chi connectivity index (χ1v) is 11.2. The fourth-order valence-electron chi connectivity index (χ4n) is 0.762. The summed E-state index contributed by atoms with van der Waals surface area (Å²) in [6, 6.07) is 0. The van der Waals surface area contributed by atoms with Crippen LogP contribution in [0.1, 0.15) is 25.7 Å². The zero-order valence-electron chi connectivity index (χ0n) is 8.29. The molecule has 14 heavy (non-hydrogen) atoms. The average molecular weight is 436 g/mol. The molecule has 0 aliphatic rings. The summed E-state index contributed by atoms with van der Waals surface area (Å²) in [5.41, 5.74) is 0.